The molecule has 2 aromatic rings. The SMILES string of the molecule is O=S(=O)(NC1CC(O)C1)c1cc(Cl)c(-c2ccccc2)c(C(F)(F)F)c1. The fourth-order valence-electron chi connectivity index (χ4n) is 2.83. The minimum absolute atomic E-state index is 0.223. The van der Waals surface area contributed by atoms with Crippen LogP contribution in [0.4, 0.5) is 13.2 Å². The van der Waals surface area contributed by atoms with Crippen molar-refractivity contribution >= 4 is 21.6 Å². The van der Waals surface area contributed by atoms with Gasteiger partial charge >= 0.3 is 6.18 Å². The van der Waals surface area contributed by atoms with Gasteiger partial charge in [-0.05, 0) is 30.5 Å². The predicted octanol–water partition coefficient (Wildman–Crippen LogP) is 3.83. The number of halogens is 4. The molecule has 26 heavy (non-hydrogen) atoms. The molecule has 0 aromatic heterocycles. The molecule has 0 radical (unpaired) electrons. The maximum absolute atomic E-state index is 13.6. The molecule has 0 saturated heterocycles. The molecule has 4 nitrogen and oxygen atoms in total. The van der Waals surface area contributed by atoms with Crippen LogP contribution in [0, 0.1) is 0 Å². The van der Waals surface area contributed by atoms with E-state index in [1.165, 1.54) is 12.1 Å². The van der Waals surface area contributed by atoms with Gasteiger partial charge in [0.2, 0.25) is 10.0 Å². The van der Waals surface area contributed by atoms with Gasteiger partial charge in [0.15, 0.2) is 0 Å². The van der Waals surface area contributed by atoms with Crippen LogP contribution in [0.2, 0.25) is 5.02 Å². The molecule has 1 aliphatic rings. The van der Waals surface area contributed by atoms with Crippen molar-refractivity contribution in [1.82, 2.24) is 4.72 Å². The van der Waals surface area contributed by atoms with Crippen molar-refractivity contribution < 1.29 is 26.7 Å². The molecule has 0 aliphatic heterocycles. The molecule has 9 heteroatoms. The van der Waals surface area contributed by atoms with Crippen LogP contribution in [0.15, 0.2) is 47.4 Å². The van der Waals surface area contributed by atoms with Crippen molar-refractivity contribution in [3.05, 3.63) is 53.1 Å². The van der Waals surface area contributed by atoms with Gasteiger partial charge in [-0.2, -0.15) is 13.2 Å². The standard InChI is InChI=1S/C17H15ClF3NO3S/c18-15-9-13(26(24,25)22-11-6-12(23)7-11)8-14(17(19,20)21)16(15)10-4-2-1-3-5-10/h1-5,8-9,11-12,22-23H,6-7H2. The third-order valence-electron chi connectivity index (χ3n) is 4.18. The second kappa shape index (κ2) is 6.84. The second-order valence-electron chi connectivity index (χ2n) is 6.13. The largest absolute Gasteiger partial charge is 0.417 e. The number of hydrogen-bond acceptors (Lipinski definition) is 3. The van der Waals surface area contributed by atoms with Crippen molar-refractivity contribution in [3.8, 4) is 11.1 Å². The lowest BCUT2D eigenvalue weighted by atomic mass is 9.91. The highest BCUT2D eigenvalue weighted by Crippen LogP contribution is 2.42. The summed E-state index contributed by atoms with van der Waals surface area (Å²) in [6.45, 7) is 0. The van der Waals surface area contributed by atoms with E-state index in [-0.39, 0.29) is 29.0 Å². The Labute approximate surface area is 153 Å². The highest BCUT2D eigenvalue weighted by molar-refractivity contribution is 7.89. The lowest BCUT2D eigenvalue weighted by Gasteiger charge is -2.31. The average molecular weight is 406 g/mol. The van der Waals surface area contributed by atoms with Gasteiger partial charge < -0.3 is 5.11 Å². The first-order chi connectivity index (χ1) is 12.1. The van der Waals surface area contributed by atoms with E-state index in [1.54, 1.807) is 18.2 Å². The summed E-state index contributed by atoms with van der Waals surface area (Å²) in [4.78, 5) is -0.559. The van der Waals surface area contributed by atoms with Crippen molar-refractivity contribution in [1.29, 1.82) is 0 Å². The van der Waals surface area contributed by atoms with Crippen molar-refractivity contribution in [2.24, 2.45) is 0 Å². The number of hydrogen-bond donors (Lipinski definition) is 2. The molecule has 3 rings (SSSR count). The van der Waals surface area contributed by atoms with Crippen LogP contribution >= 0.6 is 11.6 Å². The number of nitrogens with one attached hydrogen (secondary N) is 1. The summed E-state index contributed by atoms with van der Waals surface area (Å²) in [5.41, 5.74) is -1.15. The lowest BCUT2D eigenvalue weighted by molar-refractivity contribution is -0.137. The van der Waals surface area contributed by atoms with Gasteiger partial charge in [0.05, 0.1) is 21.6 Å². The summed E-state index contributed by atoms with van der Waals surface area (Å²) < 4.78 is 67.8. The van der Waals surface area contributed by atoms with Gasteiger partial charge in [0.25, 0.3) is 0 Å². The number of aliphatic hydroxyl groups is 1. The van der Waals surface area contributed by atoms with Crippen LogP contribution in [0.3, 0.4) is 0 Å². The van der Waals surface area contributed by atoms with E-state index < -0.39 is 38.8 Å². The van der Waals surface area contributed by atoms with E-state index in [1.807, 2.05) is 0 Å². The number of sulfonamides is 1. The Morgan fingerprint density at radius 1 is 1.12 bits per heavy atom. The van der Waals surface area contributed by atoms with E-state index in [4.69, 9.17) is 11.6 Å². The molecular formula is C17H15ClF3NO3S. The van der Waals surface area contributed by atoms with Gasteiger partial charge in [0.1, 0.15) is 0 Å². The van der Waals surface area contributed by atoms with Crippen LogP contribution in [0.1, 0.15) is 18.4 Å². The molecule has 0 spiro atoms. The molecule has 0 atom stereocenters. The molecule has 2 aromatic carbocycles. The summed E-state index contributed by atoms with van der Waals surface area (Å²) in [6, 6.07) is 8.83. The molecule has 0 unspecified atom stereocenters. The molecular weight excluding hydrogens is 391 g/mol. The topological polar surface area (TPSA) is 66.4 Å². The Balaban J connectivity index is 2.08. The van der Waals surface area contributed by atoms with Gasteiger partial charge in [-0.3, -0.25) is 0 Å². The highest BCUT2D eigenvalue weighted by Gasteiger charge is 2.37. The Morgan fingerprint density at radius 2 is 1.73 bits per heavy atom. The van der Waals surface area contributed by atoms with Crippen molar-refractivity contribution in [2.45, 2.75) is 36.1 Å². The molecule has 1 fully saturated rings. The summed E-state index contributed by atoms with van der Waals surface area (Å²) in [5.74, 6) is 0. The van der Waals surface area contributed by atoms with Crippen molar-refractivity contribution in [2.75, 3.05) is 0 Å². The average Bonchev–Trinajstić information content (AvgIpc) is 2.52. The Hall–Kier alpha value is -1.61. The molecule has 0 amide bonds. The van der Waals surface area contributed by atoms with Crippen LogP contribution in [0.25, 0.3) is 11.1 Å². The molecule has 2 N–H and O–H groups in total. The zero-order valence-electron chi connectivity index (χ0n) is 13.3. The van der Waals surface area contributed by atoms with Gasteiger partial charge in [-0.25, -0.2) is 13.1 Å². The number of rotatable bonds is 4. The maximum Gasteiger partial charge on any atom is 0.417 e. The number of alkyl halides is 3. The summed E-state index contributed by atoms with van der Waals surface area (Å²) >= 11 is 6.06. The van der Waals surface area contributed by atoms with Gasteiger partial charge in [-0.1, -0.05) is 41.9 Å². The van der Waals surface area contributed by atoms with E-state index in [2.05, 4.69) is 4.72 Å². The minimum Gasteiger partial charge on any atom is -0.393 e. The van der Waals surface area contributed by atoms with Crippen molar-refractivity contribution in [3.63, 3.8) is 0 Å². The third kappa shape index (κ3) is 3.88. The zero-order chi connectivity index (χ0) is 19.1. The minimum atomic E-state index is -4.78. The monoisotopic (exact) mass is 405 g/mol. The fraction of sp³-hybridized carbons (Fsp3) is 0.294. The molecule has 1 aliphatic carbocycles. The van der Waals surface area contributed by atoms with Crippen LogP contribution < -0.4 is 4.72 Å². The van der Waals surface area contributed by atoms with E-state index in [0.717, 1.165) is 6.07 Å². The summed E-state index contributed by atoms with van der Waals surface area (Å²) in [7, 11) is -4.19. The van der Waals surface area contributed by atoms with Crippen LogP contribution in [0.5, 0.6) is 0 Å². The Bertz CT molecular complexity index is 911. The van der Waals surface area contributed by atoms with Crippen LogP contribution in [-0.2, 0) is 16.2 Å². The number of benzene rings is 2. The highest BCUT2D eigenvalue weighted by atomic mass is 35.5. The Kier molecular flexibility index (Phi) is 5.04. The lowest BCUT2D eigenvalue weighted by Crippen LogP contribution is -2.46. The van der Waals surface area contributed by atoms with E-state index >= 15 is 0 Å². The smallest absolute Gasteiger partial charge is 0.393 e. The second-order valence-corrected chi connectivity index (χ2v) is 8.26. The van der Waals surface area contributed by atoms with Gasteiger partial charge in [0, 0.05) is 11.6 Å². The third-order valence-corrected chi connectivity index (χ3v) is 5.97. The maximum atomic E-state index is 13.6. The first-order valence-corrected chi connectivity index (χ1v) is 9.60. The van der Waals surface area contributed by atoms with E-state index in [9.17, 15) is 26.7 Å². The quantitative estimate of drug-likeness (QED) is 0.812. The molecule has 140 valence electrons. The summed E-state index contributed by atoms with van der Waals surface area (Å²) in [5, 5.41) is 8.93. The van der Waals surface area contributed by atoms with Crippen LogP contribution in [-0.4, -0.2) is 25.7 Å². The molecule has 0 heterocycles. The zero-order valence-corrected chi connectivity index (χ0v) is 14.9. The first-order valence-electron chi connectivity index (χ1n) is 7.74. The number of aliphatic hydroxyl groups excluding tert-OH is 1. The molecule has 1 saturated carbocycles. The van der Waals surface area contributed by atoms with Gasteiger partial charge in [-0.15, -0.1) is 0 Å². The first kappa shape index (κ1) is 19.2. The normalized spacial score (nSPS) is 20.7. The Morgan fingerprint density at radius 3 is 2.27 bits per heavy atom. The predicted molar refractivity (Wildman–Crippen MR) is 91.2 cm³/mol. The summed E-state index contributed by atoms with van der Waals surface area (Å²) in [6.07, 6.45) is -4.94. The fourth-order valence-corrected chi connectivity index (χ4v) is 4.54. The van der Waals surface area contributed by atoms with E-state index in [0.29, 0.717) is 6.07 Å². The molecule has 0 bridgehead atoms.